The van der Waals surface area contributed by atoms with Crippen molar-refractivity contribution in [2.75, 3.05) is 13.2 Å². The van der Waals surface area contributed by atoms with E-state index in [1.165, 1.54) is 6.08 Å². The summed E-state index contributed by atoms with van der Waals surface area (Å²) in [6, 6.07) is 18.7. The highest BCUT2D eigenvalue weighted by Gasteiger charge is 2.20. The van der Waals surface area contributed by atoms with Crippen molar-refractivity contribution < 1.29 is 19.1 Å². The number of ether oxygens (including phenoxy) is 2. The highest BCUT2D eigenvalue weighted by molar-refractivity contribution is 6.30. The molecule has 3 aromatic rings. The van der Waals surface area contributed by atoms with E-state index in [1.807, 2.05) is 48.5 Å². The fourth-order valence-corrected chi connectivity index (χ4v) is 3.17. The largest absolute Gasteiger partial charge is 0.463 e. The van der Waals surface area contributed by atoms with E-state index in [0.717, 1.165) is 16.7 Å². The zero-order valence-electron chi connectivity index (χ0n) is 17.3. The first-order valence-corrected chi connectivity index (χ1v) is 10.3. The monoisotopic (exact) mass is 435 g/mol. The number of carbonyl (C=O) groups excluding carboxylic acids is 2. The van der Waals surface area contributed by atoms with E-state index in [0.29, 0.717) is 16.3 Å². The van der Waals surface area contributed by atoms with Crippen molar-refractivity contribution in [2.45, 2.75) is 13.8 Å². The number of nitrogens with zero attached hydrogens (tertiary/aromatic N) is 1. The molecular weight excluding hydrogens is 414 g/mol. The minimum Gasteiger partial charge on any atom is -0.463 e. The smallest absolute Gasteiger partial charge is 0.357 e. The summed E-state index contributed by atoms with van der Waals surface area (Å²) in [7, 11) is 0. The molecule has 0 spiro atoms. The molecule has 1 aromatic heterocycles. The third-order valence-electron chi connectivity index (χ3n) is 4.42. The van der Waals surface area contributed by atoms with Crippen molar-refractivity contribution in [1.29, 1.82) is 0 Å². The minimum absolute atomic E-state index is 0.119. The van der Waals surface area contributed by atoms with Crippen LogP contribution in [0.1, 0.15) is 29.9 Å². The van der Waals surface area contributed by atoms with Crippen LogP contribution in [0.3, 0.4) is 0 Å². The molecule has 0 aliphatic rings. The van der Waals surface area contributed by atoms with Crippen molar-refractivity contribution in [3.63, 3.8) is 0 Å². The molecule has 31 heavy (non-hydrogen) atoms. The summed E-state index contributed by atoms with van der Waals surface area (Å²) >= 11 is 6.02. The summed E-state index contributed by atoms with van der Waals surface area (Å²) in [5.74, 6) is -1.07. The summed E-state index contributed by atoms with van der Waals surface area (Å²) < 4.78 is 10.2. The molecule has 1 heterocycles. The van der Waals surface area contributed by atoms with Gasteiger partial charge in [-0.25, -0.2) is 14.6 Å². The summed E-state index contributed by atoms with van der Waals surface area (Å²) in [6.45, 7) is 3.92. The number of benzene rings is 2. The fourth-order valence-electron chi connectivity index (χ4n) is 3.05. The molecule has 0 aliphatic carbocycles. The topological polar surface area (TPSA) is 65.5 Å². The number of hydrogen-bond acceptors (Lipinski definition) is 5. The van der Waals surface area contributed by atoms with E-state index in [1.54, 1.807) is 32.1 Å². The predicted molar refractivity (Wildman–Crippen MR) is 122 cm³/mol. The molecule has 158 valence electrons. The molecule has 0 N–H and O–H groups in total. The van der Waals surface area contributed by atoms with Gasteiger partial charge in [0.05, 0.1) is 18.9 Å². The van der Waals surface area contributed by atoms with E-state index in [-0.39, 0.29) is 18.9 Å². The quantitative estimate of drug-likeness (QED) is 0.345. The number of pyridine rings is 1. The lowest BCUT2D eigenvalue weighted by molar-refractivity contribution is -0.137. The Morgan fingerprint density at radius 2 is 1.61 bits per heavy atom. The van der Waals surface area contributed by atoms with Crippen molar-refractivity contribution in [3.05, 3.63) is 83.0 Å². The molecule has 3 rings (SSSR count). The lowest BCUT2D eigenvalue weighted by Gasteiger charge is -2.14. The van der Waals surface area contributed by atoms with Crippen LogP contribution in [0.4, 0.5) is 0 Å². The third kappa shape index (κ3) is 5.58. The van der Waals surface area contributed by atoms with Gasteiger partial charge in [0, 0.05) is 22.2 Å². The van der Waals surface area contributed by atoms with Gasteiger partial charge in [0.15, 0.2) is 5.69 Å². The van der Waals surface area contributed by atoms with Crippen molar-refractivity contribution in [2.24, 2.45) is 0 Å². The van der Waals surface area contributed by atoms with Crippen LogP contribution in [-0.4, -0.2) is 30.1 Å². The molecule has 0 atom stereocenters. The molecule has 0 bridgehead atoms. The van der Waals surface area contributed by atoms with Crippen molar-refractivity contribution in [1.82, 2.24) is 4.98 Å². The Bertz CT molecular complexity index is 1090. The maximum atomic E-state index is 12.8. The van der Waals surface area contributed by atoms with E-state index in [9.17, 15) is 9.59 Å². The van der Waals surface area contributed by atoms with Crippen LogP contribution in [0.5, 0.6) is 0 Å². The predicted octanol–water partition coefficient (Wildman–Crippen LogP) is 5.82. The first kappa shape index (κ1) is 22.2. The number of carbonyl (C=O) groups is 2. The first-order valence-electron chi connectivity index (χ1n) is 9.91. The summed E-state index contributed by atoms with van der Waals surface area (Å²) in [4.78, 5) is 29.3. The van der Waals surface area contributed by atoms with Gasteiger partial charge in [0.25, 0.3) is 0 Å². The fraction of sp³-hybridized carbons (Fsp3) is 0.160. The summed E-state index contributed by atoms with van der Waals surface area (Å²) in [5, 5.41) is 0.603. The average Bonchev–Trinajstić information content (AvgIpc) is 2.78. The molecule has 0 unspecified atom stereocenters. The maximum Gasteiger partial charge on any atom is 0.357 e. The van der Waals surface area contributed by atoms with Gasteiger partial charge < -0.3 is 9.47 Å². The van der Waals surface area contributed by atoms with Crippen LogP contribution in [-0.2, 0) is 14.3 Å². The van der Waals surface area contributed by atoms with Crippen molar-refractivity contribution >= 4 is 29.6 Å². The van der Waals surface area contributed by atoms with Gasteiger partial charge in [-0.1, -0.05) is 54.1 Å². The Labute approximate surface area is 186 Å². The Balaban J connectivity index is 2.25. The van der Waals surface area contributed by atoms with Gasteiger partial charge in [0.2, 0.25) is 0 Å². The maximum absolute atomic E-state index is 12.8. The van der Waals surface area contributed by atoms with Crippen LogP contribution in [0.2, 0.25) is 5.02 Å². The van der Waals surface area contributed by atoms with Crippen LogP contribution in [0.25, 0.3) is 28.5 Å². The molecule has 0 fully saturated rings. The second-order valence-corrected chi connectivity index (χ2v) is 6.93. The number of halogens is 1. The molecule has 2 aromatic carbocycles. The standard InChI is InChI=1S/C25H22ClNO4/c1-3-30-23(28)15-14-20-21(17-8-6-5-7-9-17)16-22(18-10-12-19(26)13-11-18)27-24(20)25(29)31-4-2/h5-16H,3-4H2,1-2H3/b15-14+. The van der Waals surface area contributed by atoms with Crippen LogP contribution >= 0.6 is 11.6 Å². The van der Waals surface area contributed by atoms with E-state index >= 15 is 0 Å². The minimum atomic E-state index is -0.570. The molecule has 0 amide bonds. The third-order valence-corrected chi connectivity index (χ3v) is 4.68. The van der Waals surface area contributed by atoms with Crippen LogP contribution in [0, 0.1) is 0 Å². The molecule has 0 saturated heterocycles. The number of rotatable bonds is 7. The van der Waals surface area contributed by atoms with Gasteiger partial charge >= 0.3 is 11.9 Å². The van der Waals surface area contributed by atoms with E-state index in [4.69, 9.17) is 21.1 Å². The highest BCUT2D eigenvalue weighted by atomic mass is 35.5. The number of hydrogen-bond donors (Lipinski definition) is 0. The Hall–Kier alpha value is -3.44. The lowest BCUT2D eigenvalue weighted by atomic mass is 9.95. The Morgan fingerprint density at radius 1 is 0.935 bits per heavy atom. The van der Waals surface area contributed by atoms with Gasteiger partial charge in [-0.2, -0.15) is 0 Å². The van der Waals surface area contributed by atoms with Gasteiger partial charge in [0.1, 0.15) is 0 Å². The average molecular weight is 436 g/mol. The van der Waals surface area contributed by atoms with Gasteiger partial charge in [-0.15, -0.1) is 0 Å². The zero-order chi connectivity index (χ0) is 22.2. The second kappa shape index (κ2) is 10.5. The zero-order valence-corrected chi connectivity index (χ0v) is 18.1. The SMILES string of the molecule is CCOC(=O)/C=C/c1c(-c2ccccc2)cc(-c2ccc(Cl)cc2)nc1C(=O)OCC. The summed E-state index contributed by atoms with van der Waals surface area (Å²) in [6.07, 6.45) is 2.84. The second-order valence-electron chi connectivity index (χ2n) is 6.50. The Morgan fingerprint density at radius 3 is 2.26 bits per heavy atom. The summed E-state index contributed by atoms with van der Waals surface area (Å²) in [5.41, 5.74) is 3.60. The number of esters is 2. The van der Waals surface area contributed by atoms with E-state index in [2.05, 4.69) is 4.98 Å². The molecule has 0 saturated carbocycles. The number of aromatic nitrogens is 1. The van der Waals surface area contributed by atoms with E-state index < -0.39 is 11.9 Å². The van der Waals surface area contributed by atoms with Crippen molar-refractivity contribution in [3.8, 4) is 22.4 Å². The first-order chi connectivity index (χ1) is 15.0. The molecule has 6 heteroatoms. The van der Waals surface area contributed by atoms with Gasteiger partial charge in [-0.05, 0) is 49.2 Å². The molecule has 5 nitrogen and oxygen atoms in total. The normalized spacial score (nSPS) is 10.8. The molecular formula is C25H22ClNO4. The van der Waals surface area contributed by atoms with Gasteiger partial charge in [-0.3, -0.25) is 0 Å². The molecule has 0 radical (unpaired) electrons. The van der Waals surface area contributed by atoms with Crippen LogP contribution < -0.4 is 0 Å². The lowest BCUT2D eigenvalue weighted by Crippen LogP contribution is -2.11. The highest BCUT2D eigenvalue weighted by Crippen LogP contribution is 2.32. The van der Waals surface area contributed by atoms with Crippen LogP contribution in [0.15, 0.2) is 66.7 Å². The Kier molecular flexibility index (Phi) is 7.57. The molecule has 0 aliphatic heterocycles.